The van der Waals surface area contributed by atoms with E-state index >= 15 is 0 Å². The summed E-state index contributed by atoms with van der Waals surface area (Å²) in [5, 5.41) is 11.2. The van der Waals surface area contributed by atoms with Crippen molar-refractivity contribution in [2.45, 2.75) is 6.42 Å². The van der Waals surface area contributed by atoms with Crippen molar-refractivity contribution < 1.29 is 4.74 Å². The summed E-state index contributed by atoms with van der Waals surface area (Å²) in [6.07, 6.45) is 8.92. The van der Waals surface area contributed by atoms with Gasteiger partial charge in [-0.2, -0.15) is 0 Å². The Hall–Kier alpha value is -9.13. The van der Waals surface area contributed by atoms with E-state index in [0.29, 0.717) is 41.0 Å². The average molecular weight is 872 g/mol. The largest absolute Gasteiger partial charge is 0.458 e. The first-order valence-electron chi connectivity index (χ1n) is 22.9. The molecule has 6 nitrogen and oxygen atoms in total. The molecule has 12 aromatic rings. The number of hydrogen-bond acceptors (Lipinski definition) is 4. The summed E-state index contributed by atoms with van der Waals surface area (Å²) in [6, 6.07) is 66.4. The highest BCUT2D eigenvalue weighted by Crippen LogP contribution is 2.43. The molecule has 0 amide bonds. The van der Waals surface area contributed by atoms with Gasteiger partial charge in [0.2, 0.25) is 0 Å². The number of benzene rings is 9. The molecule has 0 spiro atoms. The lowest BCUT2D eigenvalue weighted by Gasteiger charge is -2.20. The predicted molar refractivity (Wildman–Crippen MR) is 282 cm³/mol. The molecule has 3 aromatic heterocycles. The first-order chi connectivity index (χ1) is 33.6. The molecule has 0 N–H and O–H groups in total. The van der Waals surface area contributed by atoms with E-state index in [2.05, 4.69) is 216 Å². The van der Waals surface area contributed by atoms with Gasteiger partial charge in [-0.1, -0.05) is 165 Å². The minimum atomic E-state index is 0.357. The highest BCUT2D eigenvalue weighted by molar-refractivity contribution is 6.19. The van der Waals surface area contributed by atoms with Gasteiger partial charge in [-0.15, -0.1) is 0 Å². The SMILES string of the molecule is C=C1/C=C\C/C=C\C(n2c3cc4ccccc4cc3c3cc4ccccc4cc32)=C(\c2nc(-c3cccc4ccccc34)nc(-c3cccc4c5ccccc5n(-c5ccccc5)c34)n2)C(=C)O1. The maximum absolute atomic E-state index is 6.65. The van der Waals surface area contributed by atoms with Gasteiger partial charge < -0.3 is 13.9 Å². The second-order valence-electron chi connectivity index (χ2n) is 17.3. The van der Waals surface area contributed by atoms with Gasteiger partial charge >= 0.3 is 0 Å². The summed E-state index contributed by atoms with van der Waals surface area (Å²) >= 11 is 0. The Labute approximate surface area is 392 Å². The van der Waals surface area contributed by atoms with E-state index in [1.807, 2.05) is 18.2 Å². The summed E-state index contributed by atoms with van der Waals surface area (Å²) in [6.45, 7) is 8.98. The van der Waals surface area contributed by atoms with Crippen LogP contribution >= 0.6 is 0 Å². The average Bonchev–Trinajstić information content (AvgIpc) is 3.88. The molecule has 68 heavy (non-hydrogen) atoms. The van der Waals surface area contributed by atoms with Crippen LogP contribution < -0.4 is 0 Å². The van der Waals surface area contributed by atoms with E-state index in [9.17, 15) is 0 Å². The molecular weight excluding hydrogens is 831 g/mol. The lowest BCUT2D eigenvalue weighted by atomic mass is 10.0. The Morgan fingerprint density at radius 3 is 1.66 bits per heavy atom. The molecule has 0 fully saturated rings. The zero-order chi connectivity index (χ0) is 45.3. The van der Waals surface area contributed by atoms with Crippen LogP contribution in [-0.2, 0) is 4.74 Å². The van der Waals surface area contributed by atoms with E-state index in [1.165, 1.54) is 10.8 Å². The van der Waals surface area contributed by atoms with E-state index in [1.54, 1.807) is 0 Å². The molecule has 0 radical (unpaired) electrons. The first kappa shape index (κ1) is 39.3. The van der Waals surface area contributed by atoms with Crippen LogP contribution in [0.5, 0.6) is 0 Å². The quantitative estimate of drug-likeness (QED) is 0.173. The van der Waals surface area contributed by atoms with Crippen LogP contribution in [0.4, 0.5) is 0 Å². The summed E-state index contributed by atoms with van der Waals surface area (Å²) in [5.74, 6) is 2.27. The standard InChI is InChI=1S/C62H41N5O/c1-39-19-5-3-8-34-55(67-56-37-44-23-11-9-21-42(44)35-52(56)53-36-43-22-10-12-24-45(43)38-57(53)67)58(40(2)68-39)62-64-60(50-31-17-25-41-20-13-14-28-47(41)50)63-61(65-62)51-32-18-30-49-48-29-15-16-33-54(48)66(59(49)51)46-26-6-4-7-27-46/h4-38H,1-3H2/b19-5-,34-8-,58-55-. The van der Waals surface area contributed by atoms with Crippen LogP contribution in [0, 0.1) is 0 Å². The van der Waals surface area contributed by atoms with Gasteiger partial charge in [-0.3, -0.25) is 0 Å². The molecule has 0 atom stereocenters. The zero-order valence-corrected chi connectivity index (χ0v) is 37.0. The Bertz CT molecular complexity index is 4090. The van der Waals surface area contributed by atoms with Crippen LogP contribution in [0.25, 0.3) is 116 Å². The van der Waals surface area contributed by atoms with Crippen LogP contribution in [0.1, 0.15) is 12.2 Å². The van der Waals surface area contributed by atoms with Crippen molar-refractivity contribution >= 4 is 87.2 Å². The number of para-hydroxylation sites is 3. The Morgan fingerprint density at radius 1 is 0.412 bits per heavy atom. The minimum absolute atomic E-state index is 0.357. The van der Waals surface area contributed by atoms with Crippen molar-refractivity contribution in [1.29, 1.82) is 0 Å². The van der Waals surface area contributed by atoms with E-state index < -0.39 is 0 Å². The van der Waals surface area contributed by atoms with Gasteiger partial charge in [0.25, 0.3) is 0 Å². The fourth-order valence-corrected chi connectivity index (χ4v) is 10.2. The van der Waals surface area contributed by atoms with Crippen molar-refractivity contribution in [3.05, 3.63) is 243 Å². The molecule has 0 aliphatic carbocycles. The molecule has 0 unspecified atom stereocenters. The maximum Gasteiger partial charge on any atom is 0.169 e. The normalized spacial score (nSPS) is 15.5. The number of aromatic nitrogens is 5. The van der Waals surface area contributed by atoms with Crippen molar-refractivity contribution in [2.24, 2.45) is 0 Å². The molecule has 6 heteroatoms. The molecule has 1 aliphatic rings. The molecule has 0 bridgehead atoms. The number of rotatable bonds is 5. The summed E-state index contributed by atoms with van der Waals surface area (Å²) in [7, 11) is 0. The summed E-state index contributed by atoms with van der Waals surface area (Å²) in [5.41, 5.74) is 8.35. The van der Waals surface area contributed by atoms with Crippen LogP contribution in [0.3, 0.4) is 0 Å². The van der Waals surface area contributed by atoms with Gasteiger partial charge in [0.05, 0.1) is 33.3 Å². The second-order valence-corrected chi connectivity index (χ2v) is 17.3. The first-order valence-corrected chi connectivity index (χ1v) is 22.9. The van der Waals surface area contributed by atoms with Crippen molar-refractivity contribution in [3.8, 4) is 28.5 Å². The Kier molecular flexibility index (Phi) is 9.12. The van der Waals surface area contributed by atoms with Crippen molar-refractivity contribution in [1.82, 2.24) is 24.1 Å². The molecular formula is C62H41N5O. The van der Waals surface area contributed by atoms with Gasteiger partial charge in [-0.05, 0) is 99.4 Å². The highest BCUT2D eigenvalue weighted by Gasteiger charge is 2.27. The molecule has 320 valence electrons. The zero-order valence-electron chi connectivity index (χ0n) is 37.0. The minimum Gasteiger partial charge on any atom is -0.458 e. The second kappa shape index (κ2) is 15.8. The molecule has 0 saturated carbocycles. The monoisotopic (exact) mass is 871 g/mol. The topological polar surface area (TPSA) is 57.8 Å². The van der Waals surface area contributed by atoms with Gasteiger partial charge in [0.15, 0.2) is 17.5 Å². The predicted octanol–water partition coefficient (Wildman–Crippen LogP) is 15.8. The fraction of sp³-hybridized carbons (Fsp3) is 0.0161. The lowest BCUT2D eigenvalue weighted by Crippen LogP contribution is -2.09. The van der Waals surface area contributed by atoms with E-state index in [0.717, 1.165) is 87.7 Å². The molecule has 4 heterocycles. The molecule has 13 rings (SSSR count). The smallest absolute Gasteiger partial charge is 0.169 e. The summed E-state index contributed by atoms with van der Waals surface area (Å²) in [4.78, 5) is 16.5. The van der Waals surface area contributed by atoms with Gasteiger partial charge in [0, 0.05) is 38.4 Å². The number of hydrogen-bond donors (Lipinski definition) is 0. The van der Waals surface area contributed by atoms with Crippen molar-refractivity contribution in [2.75, 3.05) is 0 Å². The van der Waals surface area contributed by atoms with E-state index in [4.69, 9.17) is 19.7 Å². The highest BCUT2D eigenvalue weighted by atomic mass is 16.5. The Morgan fingerprint density at radius 2 is 0.941 bits per heavy atom. The Balaban J connectivity index is 1.19. The number of fused-ring (bicyclic) bond motifs is 9. The third-order valence-electron chi connectivity index (χ3n) is 13.2. The fourth-order valence-electron chi connectivity index (χ4n) is 10.2. The van der Waals surface area contributed by atoms with Crippen LogP contribution in [0.15, 0.2) is 237 Å². The lowest BCUT2D eigenvalue weighted by molar-refractivity contribution is 0.344. The van der Waals surface area contributed by atoms with Gasteiger partial charge in [-0.25, -0.2) is 15.0 Å². The molecule has 0 saturated heterocycles. The molecule has 9 aromatic carbocycles. The van der Waals surface area contributed by atoms with E-state index in [-0.39, 0.29) is 0 Å². The third kappa shape index (κ3) is 6.38. The summed E-state index contributed by atoms with van der Waals surface area (Å²) < 4.78 is 11.3. The van der Waals surface area contributed by atoms with Crippen LogP contribution in [0.2, 0.25) is 0 Å². The van der Waals surface area contributed by atoms with Crippen molar-refractivity contribution in [3.63, 3.8) is 0 Å². The third-order valence-corrected chi connectivity index (χ3v) is 13.2. The number of ether oxygens (including phenoxy) is 1. The molecule has 1 aliphatic heterocycles. The number of nitrogens with zero attached hydrogens (tertiary/aromatic N) is 5. The van der Waals surface area contributed by atoms with Crippen LogP contribution in [-0.4, -0.2) is 24.1 Å². The number of allylic oxidation sites excluding steroid dienone is 6. The van der Waals surface area contributed by atoms with Gasteiger partial charge in [0.1, 0.15) is 11.5 Å². The maximum atomic E-state index is 6.65.